The van der Waals surface area contributed by atoms with Gasteiger partial charge in [0.1, 0.15) is 11.4 Å². The summed E-state index contributed by atoms with van der Waals surface area (Å²) < 4.78 is 7.04. The zero-order valence-electron chi connectivity index (χ0n) is 14.4. The fourth-order valence-corrected chi connectivity index (χ4v) is 2.62. The maximum absolute atomic E-state index is 12.3. The highest BCUT2D eigenvalue weighted by Crippen LogP contribution is 2.21. The van der Waals surface area contributed by atoms with Crippen molar-refractivity contribution in [1.29, 1.82) is 0 Å². The molecule has 0 aliphatic heterocycles. The van der Waals surface area contributed by atoms with Gasteiger partial charge in [-0.3, -0.25) is 9.48 Å². The predicted molar refractivity (Wildman–Crippen MR) is 86.8 cm³/mol. The standard InChI is InChI=1S/C17H25N3O3/c1-11(9-14-12(2)19-20(5)13(14)3)16(21)18-10-17(4,22)15-7-6-8-23-15/h6-8,11,22H,9-10H2,1-5H3,(H,18,21). The molecule has 0 saturated carbocycles. The zero-order valence-corrected chi connectivity index (χ0v) is 14.4. The largest absolute Gasteiger partial charge is 0.466 e. The van der Waals surface area contributed by atoms with Crippen LogP contribution in [0.3, 0.4) is 0 Å². The molecule has 2 rings (SSSR count). The van der Waals surface area contributed by atoms with E-state index in [0.29, 0.717) is 12.2 Å². The van der Waals surface area contributed by atoms with Gasteiger partial charge in [-0.05, 0) is 44.9 Å². The van der Waals surface area contributed by atoms with Gasteiger partial charge in [0.2, 0.25) is 5.91 Å². The van der Waals surface area contributed by atoms with Crippen molar-refractivity contribution in [2.24, 2.45) is 13.0 Å². The minimum absolute atomic E-state index is 0.0977. The summed E-state index contributed by atoms with van der Waals surface area (Å²) in [6.07, 6.45) is 2.13. The van der Waals surface area contributed by atoms with E-state index in [1.165, 1.54) is 6.26 Å². The third kappa shape index (κ3) is 3.82. The van der Waals surface area contributed by atoms with Crippen LogP contribution >= 0.6 is 0 Å². The quantitative estimate of drug-likeness (QED) is 0.851. The van der Waals surface area contributed by atoms with E-state index >= 15 is 0 Å². The minimum atomic E-state index is -1.22. The fraction of sp³-hybridized carbons (Fsp3) is 0.529. The number of aryl methyl sites for hydroxylation is 2. The molecule has 6 nitrogen and oxygen atoms in total. The highest BCUT2D eigenvalue weighted by molar-refractivity contribution is 5.78. The fourth-order valence-electron chi connectivity index (χ4n) is 2.62. The van der Waals surface area contributed by atoms with Gasteiger partial charge in [0.05, 0.1) is 18.5 Å². The van der Waals surface area contributed by atoms with Crippen molar-refractivity contribution >= 4 is 5.91 Å². The second kappa shape index (κ2) is 6.58. The lowest BCUT2D eigenvalue weighted by Gasteiger charge is -2.22. The molecule has 0 radical (unpaired) electrons. The van der Waals surface area contributed by atoms with E-state index in [1.54, 1.807) is 19.1 Å². The van der Waals surface area contributed by atoms with E-state index in [9.17, 15) is 9.90 Å². The second-order valence-electron chi connectivity index (χ2n) is 6.35. The molecule has 0 fully saturated rings. The summed E-state index contributed by atoms with van der Waals surface area (Å²) in [7, 11) is 1.90. The highest BCUT2D eigenvalue weighted by Gasteiger charge is 2.28. The van der Waals surface area contributed by atoms with Crippen LogP contribution in [0.4, 0.5) is 0 Å². The molecule has 0 aromatic carbocycles. The molecule has 1 amide bonds. The van der Waals surface area contributed by atoms with Gasteiger partial charge in [0, 0.05) is 18.7 Å². The molecule has 126 valence electrons. The lowest BCUT2D eigenvalue weighted by Crippen LogP contribution is -2.41. The van der Waals surface area contributed by atoms with Crippen LogP contribution in [0.15, 0.2) is 22.8 Å². The third-order valence-electron chi connectivity index (χ3n) is 4.28. The summed E-state index contributed by atoms with van der Waals surface area (Å²) in [4.78, 5) is 12.3. The normalized spacial score (nSPS) is 15.2. The van der Waals surface area contributed by atoms with Crippen LogP contribution in [0, 0.1) is 19.8 Å². The number of amides is 1. The smallest absolute Gasteiger partial charge is 0.223 e. The van der Waals surface area contributed by atoms with Crippen molar-refractivity contribution < 1.29 is 14.3 Å². The van der Waals surface area contributed by atoms with Crippen molar-refractivity contribution in [3.05, 3.63) is 41.1 Å². The van der Waals surface area contributed by atoms with Gasteiger partial charge in [0.25, 0.3) is 0 Å². The molecule has 23 heavy (non-hydrogen) atoms. The molecule has 2 heterocycles. The van der Waals surface area contributed by atoms with Crippen LogP contribution in [0.25, 0.3) is 0 Å². The summed E-state index contributed by atoms with van der Waals surface area (Å²) >= 11 is 0. The Hall–Kier alpha value is -2.08. The average molecular weight is 319 g/mol. The average Bonchev–Trinajstić information content (AvgIpc) is 3.10. The summed E-state index contributed by atoms with van der Waals surface area (Å²) in [5.74, 6) is 0.132. The molecule has 2 N–H and O–H groups in total. The Bertz CT molecular complexity index is 672. The molecule has 2 aromatic rings. The van der Waals surface area contributed by atoms with E-state index in [2.05, 4.69) is 10.4 Å². The van der Waals surface area contributed by atoms with Gasteiger partial charge in [0.15, 0.2) is 0 Å². The molecule has 0 aliphatic rings. The van der Waals surface area contributed by atoms with Crippen LogP contribution < -0.4 is 5.32 Å². The van der Waals surface area contributed by atoms with Crippen molar-refractivity contribution in [3.8, 4) is 0 Å². The van der Waals surface area contributed by atoms with Crippen LogP contribution in [0.1, 0.15) is 36.6 Å². The Kier molecular flexibility index (Phi) is 4.94. The number of rotatable bonds is 6. The minimum Gasteiger partial charge on any atom is -0.466 e. The maximum atomic E-state index is 12.3. The topological polar surface area (TPSA) is 80.3 Å². The molecule has 0 bridgehead atoms. The number of furan rings is 1. The molecule has 6 heteroatoms. The van der Waals surface area contributed by atoms with Crippen LogP contribution in [-0.4, -0.2) is 27.3 Å². The van der Waals surface area contributed by atoms with E-state index in [0.717, 1.165) is 17.0 Å². The van der Waals surface area contributed by atoms with E-state index in [4.69, 9.17) is 4.42 Å². The molecule has 0 aliphatic carbocycles. The number of nitrogens with zero attached hydrogens (tertiary/aromatic N) is 2. The first-order valence-corrected chi connectivity index (χ1v) is 7.75. The Morgan fingerprint density at radius 1 is 1.52 bits per heavy atom. The zero-order chi connectivity index (χ0) is 17.2. The lowest BCUT2D eigenvalue weighted by molar-refractivity contribution is -0.125. The van der Waals surface area contributed by atoms with Crippen LogP contribution in [0.5, 0.6) is 0 Å². The summed E-state index contributed by atoms with van der Waals surface area (Å²) in [5.41, 5.74) is 1.91. The number of nitrogens with one attached hydrogen (secondary N) is 1. The van der Waals surface area contributed by atoms with Crippen molar-refractivity contribution in [3.63, 3.8) is 0 Å². The Morgan fingerprint density at radius 3 is 2.74 bits per heavy atom. The first kappa shape index (κ1) is 17.3. The van der Waals surface area contributed by atoms with E-state index in [-0.39, 0.29) is 18.4 Å². The summed E-state index contributed by atoms with van der Waals surface area (Å²) in [6, 6.07) is 3.40. The molecule has 2 atom stereocenters. The number of hydrogen-bond acceptors (Lipinski definition) is 4. The first-order valence-electron chi connectivity index (χ1n) is 7.75. The Balaban J connectivity index is 1.95. The van der Waals surface area contributed by atoms with Gasteiger partial charge >= 0.3 is 0 Å². The second-order valence-corrected chi connectivity index (χ2v) is 6.35. The predicted octanol–water partition coefficient (Wildman–Crippen LogP) is 1.83. The number of aliphatic hydroxyl groups is 1. The first-order chi connectivity index (χ1) is 10.7. The SMILES string of the molecule is Cc1nn(C)c(C)c1CC(C)C(=O)NCC(C)(O)c1ccco1. The Morgan fingerprint density at radius 2 is 2.22 bits per heavy atom. The molecular formula is C17H25N3O3. The van der Waals surface area contributed by atoms with Crippen LogP contribution in [-0.2, 0) is 23.9 Å². The molecular weight excluding hydrogens is 294 g/mol. The monoisotopic (exact) mass is 319 g/mol. The molecule has 2 unspecified atom stereocenters. The Labute approximate surface area is 136 Å². The van der Waals surface area contributed by atoms with Crippen LogP contribution in [0.2, 0.25) is 0 Å². The number of hydrogen-bond donors (Lipinski definition) is 2. The van der Waals surface area contributed by atoms with Crippen molar-refractivity contribution in [2.45, 2.75) is 39.7 Å². The summed E-state index contributed by atoms with van der Waals surface area (Å²) in [6.45, 7) is 7.56. The van der Waals surface area contributed by atoms with E-state index in [1.807, 2.05) is 32.5 Å². The lowest BCUT2D eigenvalue weighted by atomic mass is 9.98. The van der Waals surface area contributed by atoms with Gasteiger partial charge in [-0.15, -0.1) is 0 Å². The molecule has 2 aromatic heterocycles. The van der Waals surface area contributed by atoms with Crippen molar-refractivity contribution in [1.82, 2.24) is 15.1 Å². The van der Waals surface area contributed by atoms with Crippen molar-refractivity contribution in [2.75, 3.05) is 6.54 Å². The molecule has 0 spiro atoms. The van der Waals surface area contributed by atoms with Gasteiger partial charge in [-0.25, -0.2) is 0 Å². The van der Waals surface area contributed by atoms with Gasteiger partial charge < -0.3 is 14.8 Å². The number of aromatic nitrogens is 2. The highest BCUT2D eigenvalue weighted by atomic mass is 16.4. The van der Waals surface area contributed by atoms with Gasteiger partial charge in [-0.1, -0.05) is 6.92 Å². The number of carbonyl (C=O) groups excluding carboxylic acids is 1. The molecule has 0 saturated heterocycles. The number of carbonyl (C=O) groups is 1. The van der Waals surface area contributed by atoms with Gasteiger partial charge in [-0.2, -0.15) is 5.10 Å². The van der Waals surface area contributed by atoms with E-state index < -0.39 is 5.60 Å². The third-order valence-corrected chi connectivity index (χ3v) is 4.28. The summed E-state index contributed by atoms with van der Waals surface area (Å²) in [5, 5.41) is 17.5. The maximum Gasteiger partial charge on any atom is 0.223 e.